The lowest BCUT2D eigenvalue weighted by atomic mass is 10.2. The molecule has 0 bridgehead atoms. The first-order chi connectivity index (χ1) is 8.15. The predicted molar refractivity (Wildman–Crippen MR) is 58.2 cm³/mol. The summed E-state index contributed by atoms with van der Waals surface area (Å²) >= 11 is 0.268. The minimum absolute atomic E-state index is 0.268. The van der Waals surface area contributed by atoms with Crippen LogP contribution in [0.1, 0.15) is 5.56 Å². The van der Waals surface area contributed by atoms with Crippen molar-refractivity contribution in [2.24, 2.45) is 0 Å². The van der Waals surface area contributed by atoms with Crippen molar-refractivity contribution in [3.8, 4) is 0 Å². The average molecular weight is 304 g/mol. The average Bonchev–Trinajstić information content (AvgIpc) is 2.27. The van der Waals surface area contributed by atoms with Gasteiger partial charge in [-0.05, 0) is 6.92 Å². The molecule has 3 nitrogen and oxygen atoms in total. The molecular weight excluding hydrogens is 296 g/mol. The molecule has 0 spiro atoms. The molecule has 1 aromatic carbocycles. The molecule has 0 atom stereocenters. The van der Waals surface area contributed by atoms with Gasteiger partial charge >= 0.3 is 0 Å². The second-order valence-corrected chi connectivity index (χ2v) is 6.02. The first kappa shape index (κ1) is 15.3. The molecule has 0 aromatic heterocycles. The SMILES string of the molecule is Cc1c(F)c(F)c(SCCS(=O)(=O)O)c(F)c1F. The van der Waals surface area contributed by atoms with E-state index in [0.29, 0.717) is 0 Å². The first-order valence-electron chi connectivity index (χ1n) is 4.55. The third-order valence-corrected chi connectivity index (χ3v) is 4.06. The van der Waals surface area contributed by atoms with Crippen molar-refractivity contribution in [2.75, 3.05) is 11.5 Å². The topological polar surface area (TPSA) is 54.4 Å². The number of benzene rings is 1. The minimum atomic E-state index is -4.30. The van der Waals surface area contributed by atoms with Crippen molar-refractivity contribution >= 4 is 21.9 Å². The van der Waals surface area contributed by atoms with E-state index in [-0.39, 0.29) is 11.8 Å². The van der Waals surface area contributed by atoms with E-state index in [1.165, 1.54) is 0 Å². The summed E-state index contributed by atoms with van der Waals surface area (Å²) in [6.45, 7) is 0.878. The van der Waals surface area contributed by atoms with Gasteiger partial charge in [-0.3, -0.25) is 4.55 Å². The zero-order valence-corrected chi connectivity index (χ0v) is 10.6. The Morgan fingerprint density at radius 3 is 1.89 bits per heavy atom. The standard InChI is InChI=1S/C9H8F4O3S2/c1-4-5(10)7(12)9(8(13)6(4)11)17-2-3-18(14,15)16/h2-3H2,1H3,(H,14,15,16). The molecule has 0 saturated heterocycles. The zero-order valence-electron chi connectivity index (χ0n) is 9.01. The molecule has 18 heavy (non-hydrogen) atoms. The van der Waals surface area contributed by atoms with Crippen molar-refractivity contribution in [3.63, 3.8) is 0 Å². The Morgan fingerprint density at radius 1 is 1.06 bits per heavy atom. The number of rotatable bonds is 4. The lowest BCUT2D eigenvalue weighted by Gasteiger charge is -2.08. The molecule has 1 aromatic rings. The summed E-state index contributed by atoms with van der Waals surface area (Å²) in [4.78, 5) is -0.945. The van der Waals surface area contributed by atoms with Crippen molar-refractivity contribution in [3.05, 3.63) is 28.8 Å². The Labute approximate surface area is 105 Å². The van der Waals surface area contributed by atoms with E-state index in [0.717, 1.165) is 6.92 Å². The van der Waals surface area contributed by atoms with E-state index in [4.69, 9.17) is 4.55 Å². The molecule has 0 unspecified atom stereocenters. The Balaban J connectivity index is 3.03. The highest BCUT2D eigenvalue weighted by atomic mass is 32.2. The number of hydrogen-bond acceptors (Lipinski definition) is 3. The fraction of sp³-hybridized carbons (Fsp3) is 0.333. The van der Waals surface area contributed by atoms with Crippen LogP contribution in [0.15, 0.2) is 4.90 Å². The molecule has 0 saturated carbocycles. The number of thioether (sulfide) groups is 1. The Hall–Kier alpha value is -0.800. The molecule has 9 heteroatoms. The van der Waals surface area contributed by atoms with Gasteiger partial charge in [0.05, 0.1) is 10.6 Å². The van der Waals surface area contributed by atoms with Gasteiger partial charge in [0.25, 0.3) is 10.1 Å². The van der Waals surface area contributed by atoms with Gasteiger partial charge in [-0.2, -0.15) is 8.42 Å². The lowest BCUT2D eigenvalue weighted by molar-refractivity contribution is 0.418. The van der Waals surface area contributed by atoms with Gasteiger partial charge in [0.15, 0.2) is 23.3 Å². The Bertz CT molecular complexity index is 543. The molecule has 0 aliphatic heterocycles. The molecule has 0 heterocycles. The maximum absolute atomic E-state index is 13.3. The summed E-state index contributed by atoms with van der Waals surface area (Å²) in [5.41, 5.74) is -0.788. The highest BCUT2D eigenvalue weighted by molar-refractivity contribution is 8.00. The van der Waals surface area contributed by atoms with E-state index >= 15 is 0 Å². The smallest absolute Gasteiger partial charge is 0.265 e. The van der Waals surface area contributed by atoms with E-state index in [9.17, 15) is 26.0 Å². The molecule has 0 fully saturated rings. The molecule has 1 rings (SSSR count). The maximum Gasteiger partial charge on any atom is 0.265 e. The Morgan fingerprint density at radius 2 is 1.50 bits per heavy atom. The van der Waals surface area contributed by atoms with Gasteiger partial charge < -0.3 is 0 Å². The molecule has 1 N–H and O–H groups in total. The predicted octanol–water partition coefficient (Wildman–Crippen LogP) is 2.53. The van der Waals surface area contributed by atoms with Crippen molar-refractivity contribution in [2.45, 2.75) is 11.8 Å². The maximum atomic E-state index is 13.3. The van der Waals surface area contributed by atoms with Gasteiger partial charge in [-0.1, -0.05) is 0 Å². The molecular formula is C9H8F4O3S2. The highest BCUT2D eigenvalue weighted by Gasteiger charge is 2.23. The van der Waals surface area contributed by atoms with Crippen LogP contribution in [0.25, 0.3) is 0 Å². The third kappa shape index (κ3) is 3.36. The van der Waals surface area contributed by atoms with Gasteiger partial charge in [-0.15, -0.1) is 11.8 Å². The zero-order chi connectivity index (χ0) is 14.1. The summed E-state index contributed by atoms with van der Waals surface area (Å²) < 4.78 is 82.1. The lowest BCUT2D eigenvalue weighted by Crippen LogP contribution is -2.08. The van der Waals surface area contributed by atoms with Crippen molar-refractivity contribution in [1.29, 1.82) is 0 Å². The van der Waals surface area contributed by atoms with Crippen LogP contribution in [-0.2, 0) is 10.1 Å². The summed E-state index contributed by atoms with van der Waals surface area (Å²) in [7, 11) is -4.30. The van der Waals surface area contributed by atoms with Gasteiger partial charge in [0.2, 0.25) is 0 Å². The van der Waals surface area contributed by atoms with Crippen LogP contribution in [0.4, 0.5) is 17.6 Å². The Kier molecular flexibility index (Phi) is 4.62. The third-order valence-electron chi connectivity index (χ3n) is 2.03. The largest absolute Gasteiger partial charge is 0.286 e. The van der Waals surface area contributed by atoms with E-state index in [2.05, 4.69) is 0 Å². The van der Waals surface area contributed by atoms with Crippen LogP contribution in [0.3, 0.4) is 0 Å². The van der Waals surface area contributed by atoms with Crippen LogP contribution in [0.5, 0.6) is 0 Å². The number of hydrogen-bond donors (Lipinski definition) is 1. The van der Waals surface area contributed by atoms with E-state index in [1.807, 2.05) is 0 Å². The van der Waals surface area contributed by atoms with Crippen molar-refractivity contribution < 1.29 is 30.5 Å². The van der Waals surface area contributed by atoms with Gasteiger partial charge in [0, 0.05) is 11.3 Å². The van der Waals surface area contributed by atoms with Crippen molar-refractivity contribution in [1.82, 2.24) is 0 Å². The highest BCUT2D eigenvalue weighted by Crippen LogP contribution is 2.31. The fourth-order valence-electron chi connectivity index (χ4n) is 1.10. The second kappa shape index (κ2) is 5.45. The van der Waals surface area contributed by atoms with E-state index < -0.39 is 55.4 Å². The summed E-state index contributed by atoms with van der Waals surface area (Å²) in [6.07, 6.45) is 0. The van der Waals surface area contributed by atoms with Crippen LogP contribution in [0.2, 0.25) is 0 Å². The molecule has 0 amide bonds. The monoisotopic (exact) mass is 304 g/mol. The van der Waals surface area contributed by atoms with Crippen LogP contribution in [0, 0.1) is 30.2 Å². The summed E-state index contributed by atoms with van der Waals surface area (Å²) in [5, 5.41) is 0. The molecule has 0 radical (unpaired) electrons. The van der Waals surface area contributed by atoms with Crippen LogP contribution < -0.4 is 0 Å². The van der Waals surface area contributed by atoms with Gasteiger partial charge in [-0.25, -0.2) is 17.6 Å². The second-order valence-electron chi connectivity index (χ2n) is 3.34. The molecule has 102 valence electrons. The minimum Gasteiger partial charge on any atom is -0.286 e. The summed E-state index contributed by atoms with van der Waals surface area (Å²) in [5.74, 6) is -7.42. The van der Waals surface area contributed by atoms with Gasteiger partial charge in [0.1, 0.15) is 0 Å². The summed E-state index contributed by atoms with van der Waals surface area (Å²) in [6, 6.07) is 0. The quantitative estimate of drug-likeness (QED) is 0.402. The first-order valence-corrected chi connectivity index (χ1v) is 7.15. The van der Waals surface area contributed by atoms with Crippen LogP contribution in [-0.4, -0.2) is 24.5 Å². The molecule has 0 aliphatic rings. The molecule has 0 aliphatic carbocycles. The fourth-order valence-corrected chi connectivity index (χ4v) is 2.91. The number of halogens is 4. The van der Waals surface area contributed by atoms with E-state index in [1.54, 1.807) is 0 Å². The van der Waals surface area contributed by atoms with Crippen LogP contribution >= 0.6 is 11.8 Å². The normalized spacial score (nSPS) is 11.9.